The summed E-state index contributed by atoms with van der Waals surface area (Å²) in [5.74, 6) is 0.353. The van der Waals surface area contributed by atoms with Crippen molar-refractivity contribution in [3.63, 3.8) is 0 Å². The molecule has 0 bridgehead atoms. The molecule has 0 aliphatic heterocycles. The molecule has 110 valence electrons. The van der Waals surface area contributed by atoms with E-state index in [1.165, 1.54) is 0 Å². The predicted molar refractivity (Wildman–Crippen MR) is 78.8 cm³/mol. The topological polar surface area (TPSA) is 84.3 Å². The van der Waals surface area contributed by atoms with Gasteiger partial charge in [-0.15, -0.1) is 0 Å². The zero-order valence-corrected chi connectivity index (χ0v) is 12.1. The highest BCUT2D eigenvalue weighted by Crippen LogP contribution is 2.27. The fraction of sp³-hybridized carbons (Fsp3) is 0.500. The molecule has 0 radical (unpaired) electrons. The van der Waals surface area contributed by atoms with Crippen molar-refractivity contribution in [2.45, 2.75) is 27.2 Å². The van der Waals surface area contributed by atoms with E-state index >= 15 is 0 Å². The van der Waals surface area contributed by atoms with Crippen LogP contribution < -0.4 is 10.6 Å². The molecule has 2 N–H and O–H groups in total. The molecule has 0 unspecified atom stereocenters. The first kappa shape index (κ1) is 15.9. The third-order valence-electron chi connectivity index (χ3n) is 2.80. The number of carbonyl (C=O) groups excluding carboxylic acids is 1. The first-order chi connectivity index (χ1) is 9.41. The number of carbonyl (C=O) groups is 1. The highest BCUT2D eigenvalue weighted by Gasteiger charge is 2.16. The molecule has 1 amide bonds. The molecular formula is C14H21N3O3. The van der Waals surface area contributed by atoms with Crippen LogP contribution in [0, 0.1) is 23.0 Å². The number of anilines is 1. The van der Waals surface area contributed by atoms with Crippen LogP contribution >= 0.6 is 0 Å². The Labute approximate surface area is 118 Å². The highest BCUT2D eigenvalue weighted by atomic mass is 16.6. The zero-order chi connectivity index (χ0) is 15.1. The lowest BCUT2D eigenvalue weighted by atomic mass is 10.1. The Morgan fingerprint density at radius 2 is 2.10 bits per heavy atom. The van der Waals surface area contributed by atoms with Gasteiger partial charge in [-0.1, -0.05) is 26.0 Å². The summed E-state index contributed by atoms with van der Waals surface area (Å²) >= 11 is 0. The van der Waals surface area contributed by atoms with E-state index in [1.807, 2.05) is 13.8 Å². The van der Waals surface area contributed by atoms with Gasteiger partial charge >= 0.3 is 0 Å². The van der Waals surface area contributed by atoms with Crippen molar-refractivity contribution in [1.29, 1.82) is 0 Å². The maximum atomic E-state index is 11.5. The number of para-hydroxylation sites is 1. The molecule has 1 rings (SSSR count). The van der Waals surface area contributed by atoms with Gasteiger partial charge in [-0.3, -0.25) is 14.9 Å². The molecule has 6 nitrogen and oxygen atoms in total. The SMILES string of the molecule is Cc1cccc(NCCC(=O)NCC(C)C)c1[N+](=O)[O-]. The van der Waals surface area contributed by atoms with Crippen molar-refractivity contribution < 1.29 is 9.72 Å². The van der Waals surface area contributed by atoms with Crippen LogP contribution in [0.4, 0.5) is 11.4 Å². The maximum Gasteiger partial charge on any atom is 0.295 e. The summed E-state index contributed by atoms with van der Waals surface area (Å²) in [6.45, 7) is 6.75. The second-order valence-electron chi connectivity index (χ2n) is 5.10. The molecule has 6 heteroatoms. The Kier molecular flexibility index (Phi) is 5.96. The van der Waals surface area contributed by atoms with Crippen molar-refractivity contribution in [3.8, 4) is 0 Å². The second kappa shape index (κ2) is 7.47. The van der Waals surface area contributed by atoms with Crippen LogP contribution in [0.2, 0.25) is 0 Å². The predicted octanol–water partition coefficient (Wildman–Crippen LogP) is 2.48. The zero-order valence-electron chi connectivity index (χ0n) is 12.1. The Balaban J connectivity index is 2.52. The van der Waals surface area contributed by atoms with Gasteiger partial charge in [-0.2, -0.15) is 0 Å². The van der Waals surface area contributed by atoms with E-state index in [1.54, 1.807) is 25.1 Å². The number of aryl methyl sites for hydroxylation is 1. The second-order valence-corrected chi connectivity index (χ2v) is 5.10. The summed E-state index contributed by atoms with van der Waals surface area (Å²) in [7, 11) is 0. The van der Waals surface area contributed by atoms with Gasteiger partial charge in [0.15, 0.2) is 0 Å². The molecule has 0 spiro atoms. The molecule has 0 fully saturated rings. The molecule has 0 aliphatic rings. The quantitative estimate of drug-likeness (QED) is 0.593. The number of nitrogens with one attached hydrogen (secondary N) is 2. The van der Waals surface area contributed by atoms with Crippen molar-refractivity contribution in [3.05, 3.63) is 33.9 Å². The number of hydrogen-bond donors (Lipinski definition) is 2. The van der Waals surface area contributed by atoms with Gasteiger partial charge in [-0.25, -0.2) is 0 Å². The van der Waals surface area contributed by atoms with E-state index < -0.39 is 4.92 Å². The third-order valence-corrected chi connectivity index (χ3v) is 2.80. The number of benzene rings is 1. The Morgan fingerprint density at radius 1 is 1.40 bits per heavy atom. The number of nitro benzene ring substituents is 1. The normalized spacial score (nSPS) is 10.4. The van der Waals surface area contributed by atoms with Gasteiger partial charge in [0.25, 0.3) is 5.69 Å². The number of hydrogen-bond acceptors (Lipinski definition) is 4. The summed E-state index contributed by atoms with van der Waals surface area (Å²) in [5, 5.41) is 16.8. The van der Waals surface area contributed by atoms with E-state index in [2.05, 4.69) is 10.6 Å². The molecule has 0 saturated carbocycles. The minimum Gasteiger partial charge on any atom is -0.379 e. The van der Waals surface area contributed by atoms with Crippen LogP contribution in [0.15, 0.2) is 18.2 Å². The molecule has 1 aromatic carbocycles. The number of nitro groups is 1. The summed E-state index contributed by atoms with van der Waals surface area (Å²) in [5.41, 5.74) is 1.12. The first-order valence-electron chi connectivity index (χ1n) is 6.66. The van der Waals surface area contributed by atoms with Gasteiger partial charge in [0, 0.05) is 25.1 Å². The van der Waals surface area contributed by atoms with Gasteiger partial charge in [0.05, 0.1) is 4.92 Å². The van der Waals surface area contributed by atoms with E-state index in [0.29, 0.717) is 30.3 Å². The summed E-state index contributed by atoms with van der Waals surface area (Å²) in [6.07, 6.45) is 0.290. The fourth-order valence-corrected chi connectivity index (χ4v) is 1.76. The van der Waals surface area contributed by atoms with Crippen molar-refractivity contribution >= 4 is 17.3 Å². The lowest BCUT2D eigenvalue weighted by Crippen LogP contribution is -2.28. The molecule has 0 atom stereocenters. The van der Waals surface area contributed by atoms with E-state index in [-0.39, 0.29) is 18.0 Å². The van der Waals surface area contributed by atoms with Crippen molar-refractivity contribution in [2.24, 2.45) is 5.92 Å². The van der Waals surface area contributed by atoms with E-state index in [9.17, 15) is 14.9 Å². The number of nitrogens with zero attached hydrogens (tertiary/aromatic N) is 1. The molecule has 0 aliphatic carbocycles. The fourth-order valence-electron chi connectivity index (χ4n) is 1.76. The lowest BCUT2D eigenvalue weighted by molar-refractivity contribution is -0.384. The molecule has 0 aromatic heterocycles. The Morgan fingerprint density at radius 3 is 2.70 bits per heavy atom. The third kappa shape index (κ3) is 4.87. The van der Waals surface area contributed by atoms with Crippen LogP contribution in [-0.4, -0.2) is 23.9 Å². The summed E-state index contributed by atoms with van der Waals surface area (Å²) in [6, 6.07) is 5.10. The lowest BCUT2D eigenvalue weighted by Gasteiger charge is -2.10. The first-order valence-corrected chi connectivity index (χ1v) is 6.66. The van der Waals surface area contributed by atoms with Crippen molar-refractivity contribution in [1.82, 2.24) is 5.32 Å². The van der Waals surface area contributed by atoms with Crippen LogP contribution in [0.5, 0.6) is 0 Å². The maximum absolute atomic E-state index is 11.5. The van der Waals surface area contributed by atoms with E-state index in [4.69, 9.17) is 0 Å². The standard InChI is InChI=1S/C14H21N3O3/c1-10(2)9-16-13(18)7-8-15-12-6-4-5-11(3)14(12)17(19)20/h4-6,10,15H,7-9H2,1-3H3,(H,16,18). The van der Waals surface area contributed by atoms with Gasteiger partial charge in [0.1, 0.15) is 5.69 Å². The highest BCUT2D eigenvalue weighted by molar-refractivity contribution is 5.76. The number of amides is 1. The smallest absolute Gasteiger partial charge is 0.295 e. The van der Waals surface area contributed by atoms with Crippen LogP contribution in [-0.2, 0) is 4.79 Å². The van der Waals surface area contributed by atoms with Gasteiger partial charge in [0.2, 0.25) is 5.91 Å². The molecule has 1 aromatic rings. The number of rotatable bonds is 7. The monoisotopic (exact) mass is 279 g/mol. The van der Waals surface area contributed by atoms with Gasteiger partial charge in [-0.05, 0) is 18.9 Å². The van der Waals surface area contributed by atoms with Gasteiger partial charge < -0.3 is 10.6 Å². The molecule has 20 heavy (non-hydrogen) atoms. The van der Waals surface area contributed by atoms with E-state index in [0.717, 1.165) is 0 Å². The van der Waals surface area contributed by atoms with Crippen LogP contribution in [0.25, 0.3) is 0 Å². The Bertz CT molecular complexity index is 487. The summed E-state index contributed by atoms with van der Waals surface area (Å²) < 4.78 is 0. The average molecular weight is 279 g/mol. The largest absolute Gasteiger partial charge is 0.379 e. The molecule has 0 saturated heterocycles. The molecule has 0 heterocycles. The van der Waals surface area contributed by atoms with Crippen molar-refractivity contribution in [2.75, 3.05) is 18.4 Å². The van der Waals surface area contributed by atoms with Crippen LogP contribution in [0.3, 0.4) is 0 Å². The molecular weight excluding hydrogens is 258 g/mol. The Hall–Kier alpha value is -2.11. The summed E-state index contributed by atoms with van der Waals surface area (Å²) in [4.78, 5) is 22.1. The minimum absolute atomic E-state index is 0.0542. The minimum atomic E-state index is -0.406. The van der Waals surface area contributed by atoms with Crippen LogP contribution in [0.1, 0.15) is 25.8 Å². The average Bonchev–Trinajstić information content (AvgIpc) is 2.36.